The van der Waals surface area contributed by atoms with Crippen LogP contribution in [-0.2, 0) is 38.1 Å². The van der Waals surface area contributed by atoms with Crippen molar-refractivity contribution < 1.29 is 73.8 Å². The highest BCUT2D eigenvalue weighted by Crippen LogP contribution is 2.40. The zero-order valence-electron chi connectivity index (χ0n) is 27.8. The first kappa shape index (κ1) is 41.1. The predicted octanol–water partition coefficient (Wildman–Crippen LogP) is -3.19. The van der Waals surface area contributed by atoms with Crippen LogP contribution in [0.4, 0.5) is 0 Å². The van der Waals surface area contributed by atoms with Crippen molar-refractivity contribution in [1.29, 1.82) is 0 Å². The van der Waals surface area contributed by atoms with Gasteiger partial charge in [-0.3, -0.25) is 21.7 Å². The second-order valence-corrected chi connectivity index (χ2v) is 13.6. The minimum absolute atomic E-state index is 0.325. The standard InChI is InChI=1S/C28H52N4O15/c1-27(2,3)14-16(34)18(36)25(46-21(14)24(41)42)44-12(10-32-30-8)19(22(37)38)43-11(9-31-29-7)13-15(33)17(35)26(47-28(4,5)6)45-20(13)23(39)40/h11-21,25-26,29-36H,9-10H2,1-8H3,(H,37,38)(H,39,40)(H,41,42)/t11?,12?,13-,14-,15-,16-,17?,18?,19?,20?,21?,25-,26+/m1/s1. The number of hydrogen-bond donors (Lipinski definition) is 11. The summed E-state index contributed by atoms with van der Waals surface area (Å²) in [5.41, 5.74) is 8.75. The summed E-state index contributed by atoms with van der Waals surface area (Å²) in [6, 6.07) is 0. The first-order valence-electron chi connectivity index (χ1n) is 15.2. The van der Waals surface area contributed by atoms with E-state index in [2.05, 4.69) is 21.7 Å². The summed E-state index contributed by atoms with van der Waals surface area (Å²) in [5, 5.41) is 74.2. The van der Waals surface area contributed by atoms with Gasteiger partial charge in [-0.15, -0.1) is 0 Å². The minimum atomic E-state index is -2.00. The van der Waals surface area contributed by atoms with E-state index in [1.165, 1.54) is 14.1 Å². The van der Waals surface area contributed by atoms with Gasteiger partial charge in [0.15, 0.2) is 30.9 Å². The molecule has 7 unspecified atom stereocenters. The molecule has 0 radical (unpaired) electrons. The Morgan fingerprint density at radius 1 is 0.745 bits per heavy atom. The maximum atomic E-state index is 12.7. The van der Waals surface area contributed by atoms with Crippen LogP contribution in [0.15, 0.2) is 0 Å². The van der Waals surface area contributed by atoms with Crippen LogP contribution in [0.1, 0.15) is 41.5 Å². The number of carbonyl (C=O) groups is 3. The number of aliphatic hydroxyl groups excluding tert-OH is 4. The van der Waals surface area contributed by atoms with Crippen LogP contribution in [0.3, 0.4) is 0 Å². The number of aliphatic hydroxyl groups is 4. The predicted molar refractivity (Wildman–Crippen MR) is 159 cm³/mol. The van der Waals surface area contributed by atoms with Crippen molar-refractivity contribution in [1.82, 2.24) is 21.7 Å². The van der Waals surface area contributed by atoms with E-state index in [9.17, 15) is 50.1 Å². The van der Waals surface area contributed by atoms with Crippen molar-refractivity contribution in [2.24, 2.45) is 17.3 Å². The van der Waals surface area contributed by atoms with E-state index < -0.39 is 108 Å². The number of nitrogens with one attached hydrogen (secondary N) is 4. The van der Waals surface area contributed by atoms with Gasteiger partial charge in [-0.2, -0.15) is 0 Å². The van der Waals surface area contributed by atoms with Crippen molar-refractivity contribution >= 4 is 17.9 Å². The van der Waals surface area contributed by atoms with Crippen LogP contribution in [0.2, 0.25) is 0 Å². The molecule has 2 heterocycles. The summed E-state index contributed by atoms with van der Waals surface area (Å²) in [6.45, 7) is 9.17. The molecule has 19 heteroatoms. The molecule has 0 spiro atoms. The topological polar surface area (TPSA) is 287 Å². The quantitative estimate of drug-likeness (QED) is 0.0714. The molecule has 11 N–H and O–H groups in total. The molecule has 2 aliphatic rings. The average Bonchev–Trinajstić information content (AvgIpc) is 2.94. The van der Waals surface area contributed by atoms with Gasteiger partial charge in [0, 0.05) is 19.0 Å². The molecule has 2 saturated heterocycles. The van der Waals surface area contributed by atoms with Gasteiger partial charge < -0.3 is 59.4 Å². The second kappa shape index (κ2) is 17.0. The van der Waals surface area contributed by atoms with Gasteiger partial charge in [0.1, 0.15) is 18.3 Å². The largest absolute Gasteiger partial charge is 0.479 e. The van der Waals surface area contributed by atoms with Gasteiger partial charge in [0.2, 0.25) is 0 Å². The highest BCUT2D eigenvalue weighted by molar-refractivity contribution is 5.74. The minimum Gasteiger partial charge on any atom is -0.479 e. The second-order valence-electron chi connectivity index (χ2n) is 13.6. The molecule has 47 heavy (non-hydrogen) atoms. The maximum Gasteiger partial charge on any atom is 0.335 e. The van der Waals surface area contributed by atoms with Crippen LogP contribution in [0.5, 0.6) is 0 Å². The number of hydrazine groups is 2. The van der Waals surface area contributed by atoms with Crippen molar-refractivity contribution in [3.8, 4) is 0 Å². The smallest absolute Gasteiger partial charge is 0.335 e. The van der Waals surface area contributed by atoms with Crippen LogP contribution >= 0.6 is 0 Å². The molecule has 2 fully saturated rings. The van der Waals surface area contributed by atoms with Gasteiger partial charge in [-0.05, 0) is 40.3 Å². The van der Waals surface area contributed by atoms with Crippen molar-refractivity contribution in [3.63, 3.8) is 0 Å². The van der Waals surface area contributed by atoms with Crippen LogP contribution < -0.4 is 21.7 Å². The molecular formula is C28H52N4O15. The number of carboxylic acid groups (broad SMARTS) is 3. The van der Waals surface area contributed by atoms with E-state index in [0.717, 1.165) is 0 Å². The Bertz CT molecular complexity index is 1040. The van der Waals surface area contributed by atoms with E-state index >= 15 is 0 Å². The van der Waals surface area contributed by atoms with Crippen LogP contribution in [0, 0.1) is 17.3 Å². The highest BCUT2D eigenvalue weighted by Gasteiger charge is 2.55. The third-order valence-corrected chi connectivity index (χ3v) is 7.81. The van der Waals surface area contributed by atoms with Crippen molar-refractivity contribution in [2.45, 2.75) is 115 Å². The Hall–Kier alpha value is -2.11. The number of aliphatic carboxylic acids is 3. The Balaban J connectivity index is 2.49. The Morgan fingerprint density at radius 3 is 1.72 bits per heavy atom. The third-order valence-electron chi connectivity index (χ3n) is 7.81. The number of rotatable bonds is 16. The highest BCUT2D eigenvalue weighted by atomic mass is 16.7. The van der Waals surface area contributed by atoms with Crippen molar-refractivity contribution in [3.05, 3.63) is 0 Å². The lowest BCUT2D eigenvalue weighted by Crippen LogP contribution is -2.64. The molecule has 0 aromatic rings. The molecule has 0 saturated carbocycles. The van der Waals surface area contributed by atoms with E-state index in [0.29, 0.717) is 0 Å². The molecule has 2 rings (SSSR count). The fourth-order valence-corrected chi connectivity index (χ4v) is 5.69. The van der Waals surface area contributed by atoms with Gasteiger partial charge >= 0.3 is 17.9 Å². The van der Waals surface area contributed by atoms with Gasteiger partial charge in [0.25, 0.3) is 0 Å². The van der Waals surface area contributed by atoms with E-state index in [-0.39, 0.29) is 13.1 Å². The summed E-state index contributed by atoms with van der Waals surface area (Å²) in [5.74, 6) is -7.30. The molecule has 0 aliphatic carbocycles. The summed E-state index contributed by atoms with van der Waals surface area (Å²) < 4.78 is 28.5. The Morgan fingerprint density at radius 2 is 1.26 bits per heavy atom. The Kier molecular flexibility index (Phi) is 14.9. The summed E-state index contributed by atoms with van der Waals surface area (Å²) in [4.78, 5) is 37.2. The summed E-state index contributed by atoms with van der Waals surface area (Å²) in [7, 11) is 2.93. The lowest BCUT2D eigenvalue weighted by atomic mass is 9.71. The lowest BCUT2D eigenvalue weighted by molar-refractivity contribution is -0.323. The molecular weight excluding hydrogens is 632 g/mol. The fourth-order valence-electron chi connectivity index (χ4n) is 5.69. The SMILES string of the molecule is CNNCC(O[C@@H]1OC(C(=O)O)[C@H](C(C)(C)C)[C@@H](O)C1O)C(OC(CNNC)[C@H]1C(C(=O)O)O[C@@H](OC(C)(C)C)C(O)[C@@H]1O)C(=O)O. The normalized spacial score (nSPS) is 34.0. The van der Waals surface area contributed by atoms with Gasteiger partial charge in [0.05, 0.1) is 29.8 Å². The number of carboxylic acids is 3. The molecule has 19 nitrogen and oxygen atoms in total. The van der Waals surface area contributed by atoms with Crippen molar-refractivity contribution in [2.75, 3.05) is 27.2 Å². The monoisotopic (exact) mass is 684 g/mol. The van der Waals surface area contributed by atoms with E-state index in [1.54, 1.807) is 41.5 Å². The first-order valence-corrected chi connectivity index (χ1v) is 15.2. The van der Waals surface area contributed by atoms with Gasteiger partial charge in [-0.1, -0.05) is 20.8 Å². The molecule has 0 bridgehead atoms. The van der Waals surface area contributed by atoms with Gasteiger partial charge in [-0.25, -0.2) is 14.4 Å². The van der Waals surface area contributed by atoms with Crippen LogP contribution in [-0.4, -0.2) is 154 Å². The molecule has 2 aliphatic heterocycles. The molecule has 0 aromatic carbocycles. The molecule has 0 amide bonds. The maximum absolute atomic E-state index is 12.7. The zero-order valence-corrected chi connectivity index (χ0v) is 27.8. The first-order chi connectivity index (χ1) is 21.7. The van der Waals surface area contributed by atoms with E-state index in [1.807, 2.05) is 0 Å². The number of hydrogen-bond acceptors (Lipinski definition) is 16. The molecule has 274 valence electrons. The van der Waals surface area contributed by atoms with E-state index in [4.69, 9.17) is 23.7 Å². The summed E-state index contributed by atoms with van der Waals surface area (Å²) >= 11 is 0. The lowest BCUT2D eigenvalue weighted by Gasteiger charge is -2.47. The average molecular weight is 685 g/mol. The zero-order chi connectivity index (χ0) is 36.0. The molecule has 13 atom stereocenters. The fraction of sp³-hybridized carbons (Fsp3) is 0.893. The third kappa shape index (κ3) is 10.7. The number of ether oxygens (including phenoxy) is 5. The van der Waals surface area contributed by atoms with Crippen LogP contribution in [0.25, 0.3) is 0 Å². The molecule has 0 aromatic heterocycles. The summed E-state index contributed by atoms with van der Waals surface area (Å²) in [6.07, 6.45) is -19.1. The Labute approximate surface area is 272 Å².